The van der Waals surface area contributed by atoms with Gasteiger partial charge in [0, 0.05) is 25.8 Å². The van der Waals surface area contributed by atoms with Crippen LogP contribution in [0, 0.1) is 5.92 Å². The minimum absolute atomic E-state index is 0.0390. The number of rotatable bonds is 5. The number of hydrogen-bond donors (Lipinski definition) is 0. The molecule has 0 bridgehead atoms. The number of para-hydroxylation sites is 1. The number of amides is 1. The van der Waals surface area contributed by atoms with Gasteiger partial charge in [0.25, 0.3) is 5.91 Å². The summed E-state index contributed by atoms with van der Waals surface area (Å²) in [5.74, 6) is 0.688. The highest BCUT2D eigenvalue weighted by Crippen LogP contribution is 2.24. The van der Waals surface area contributed by atoms with Crippen molar-refractivity contribution in [1.82, 2.24) is 9.88 Å². The Morgan fingerprint density at radius 1 is 0.931 bits per heavy atom. The number of piperidine rings is 1. The quantitative estimate of drug-likeness (QED) is 0.624. The highest BCUT2D eigenvalue weighted by atomic mass is 16.2. The molecule has 1 fully saturated rings. The number of nitrogens with zero attached hydrogens (tertiary/aromatic N) is 3. The normalized spacial score (nSPS) is 14.6. The summed E-state index contributed by atoms with van der Waals surface area (Å²) in [6.07, 6.45) is 4.98. The smallest absolute Gasteiger partial charge is 0.272 e. The molecule has 3 aromatic rings. The van der Waals surface area contributed by atoms with E-state index < -0.39 is 0 Å². The molecule has 1 aliphatic rings. The van der Waals surface area contributed by atoms with Crippen LogP contribution in [0.2, 0.25) is 0 Å². The Hall–Kier alpha value is -3.14. The van der Waals surface area contributed by atoms with Gasteiger partial charge in [0.15, 0.2) is 0 Å². The van der Waals surface area contributed by atoms with E-state index in [0.29, 0.717) is 11.6 Å². The zero-order valence-corrected chi connectivity index (χ0v) is 16.9. The van der Waals surface area contributed by atoms with Gasteiger partial charge >= 0.3 is 0 Å². The van der Waals surface area contributed by atoms with Crippen LogP contribution >= 0.6 is 0 Å². The number of benzene rings is 2. The van der Waals surface area contributed by atoms with Gasteiger partial charge in [-0.25, -0.2) is 4.98 Å². The number of aromatic nitrogens is 1. The lowest BCUT2D eigenvalue weighted by molar-refractivity contribution is 0.0684. The van der Waals surface area contributed by atoms with Crippen molar-refractivity contribution < 1.29 is 4.79 Å². The summed E-state index contributed by atoms with van der Waals surface area (Å²) in [5, 5.41) is 0. The predicted molar refractivity (Wildman–Crippen MR) is 118 cm³/mol. The molecule has 1 saturated heterocycles. The van der Waals surface area contributed by atoms with E-state index in [0.717, 1.165) is 43.7 Å². The first-order valence-corrected chi connectivity index (χ1v) is 10.3. The Labute approximate surface area is 172 Å². The van der Waals surface area contributed by atoms with Crippen molar-refractivity contribution in [1.29, 1.82) is 0 Å². The van der Waals surface area contributed by atoms with E-state index in [1.165, 1.54) is 5.56 Å². The fourth-order valence-electron chi connectivity index (χ4n) is 3.96. The van der Waals surface area contributed by atoms with Crippen LogP contribution in [0.5, 0.6) is 0 Å². The first kappa shape index (κ1) is 19.2. The number of hydrogen-bond acceptors (Lipinski definition) is 3. The monoisotopic (exact) mass is 385 g/mol. The molecule has 0 N–H and O–H groups in total. The van der Waals surface area contributed by atoms with Crippen molar-refractivity contribution in [3.05, 3.63) is 90.3 Å². The van der Waals surface area contributed by atoms with Gasteiger partial charge in [-0.2, -0.15) is 0 Å². The summed E-state index contributed by atoms with van der Waals surface area (Å²) >= 11 is 0. The highest BCUT2D eigenvalue weighted by molar-refractivity contribution is 5.92. The topological polar surface area (TPSA) is 36.4 Å². The van der Waals surface area contributed by atoms with E-state index in [2.05, 4.69) is 52.3 Å². The second-order valence-electron chi connectivity index (χ2n) is 7.72. The zero-order valence-electron chi connectivity index (χ0n) is 16.9. The Balaban J connectivity index is 1.34. The number of pyridine rings is 1. The number of anilines is 2. The third kappa shape index (κ3) is 4.65. The van der Waals surface area contributed by atoms with E-state index in [1.807, 2.05) is 42.3 Å². The second-order valence-corrected chi connectivity index (χ2v) is 7.72. The van der Waals surface area contributed by atoms with Crippen LogP contribution in [0.1, 0.15) is 28.9 Å². The van der Waals surface area contributed by atoms with Crippen molar-refractivity contribution in [3.8, 4) is 0 Å². The summed E-state index contributed by atoms with van der Waals surface area (Å²) in [4.78, 5) is 21.3. The third-order valence-electron chi connectivity index (χ3n) is 5.77. The summed E-state index contributed by atoms with van der Waals surface area (Å²) in [7, 11) is 2.01. The Bertz CT molecular complexity index is 917. The van der Waals surface area contributed by atoms with Crippen molar-refractivity contribution in [2.45, 2.75) is 19.3 Å². The van der Waals surface area contributed by atoms with Gasteiger partial charge in [0.1, 0.15) is 5.69 Å². The van der Waals surface area contributed by atoms with Crippen LogP contribution in [0.15, 0.2) is 79.0 Å². The lowest BCUT2D eigenvalue weighted by Gasteiger charge is -2.32. The van der Waals surface area contributed by atoms with Crippen LogP contribution in [0.3, 0.4) is 0 Å². The molecule has 2 aromatic carbocycles. The lowest BCUT2D eigenvalue weighted by atomic mass is 9.90. The molecule has 0 unspecified atom stereocenters. The molecule has 1 aliphatic heterocycles. The Morgan fingerprint density at radius 3 is 2.21 bits per heavy atom. The molecule has 4 nitrogen and oxygen atoms in total. The molecule has 1 aromatic heterocycles. The first-order valence-electron chi connectivity index (χ1n) is 10.3. The molecule has 2 heterocycles. The van der Waals surface area contributed by atoms with Crippen molar-refractivity contribution >= 4 is 17.3 Å². The van der Waals surface area contributed by atoms with Crippen molar-refractivity contribution in [2.75, 3.05) is 25.0 Å². The first-order chi connectivity index (χ1) is 14.2. The van der Waals surface area contributed by atoms with Crippen molar-refractivity contribution in [3.63, 3.8) is 0 Å². The largest absolute Gasteiger partial charge is 0.343 e. The second kappa shape index (κ2) is 8.91. The van der Waals surface area contributed by atoms with Crippen LogP contribution in [-0.2, 0) is 6.42 Å². The van der Waals surface area contributed by atoms with Gasteiger partial charge in [0.2, 0.25) is 0 Å². The van der Waals surface area contributed by atoms with E-state index >= 15 is 0 Å². The van der Waals surface area contributed by atoms with Crippen LogP contribution in [-0.4, -0.2) is 35.9 Å². The summed E-state index contributed by atoms with van der Waals surface area (Å²) in [6.45, 7) is 1.62. The highest BCUT2D eigenvalue weighted by Gasteiger charge is 2.24. The standard InChI is InChI=1S/C25H27N3O/c1-27(22-10-6-3-7-11-22)23-12-13-24(26-19-23)25(29)28-16-14-21(15-17-28)18-20-8-4-2-5-9-20/h2-13,19,21H,14-18H2,1H3. The van der Waals surface area contributed by atoms with Gasteiger partial charge < -0.3 is 9.80 Å². The lowest BCUT2D eigenvalue weighted by Crippen LogP contribution is -2.39. The van der Waals surface area contributed by atoms with E-state index in [4.69, 9.17) is 0 Å². The van der Waals surface area contributed by atoms with E-state index in [1.54, 1.807) is 6.20 Å². The molecule has 0 spiro atoms. The van der Waals surface area contributed by atoms with E-state index in [9.17, 15) is 4.79 Å². The molecule has 29 heavy (non-hydrogen) atoms. The fourth-order valence-corrected chi connectivity index (χ4v) is 3.96. The Morgan fingerprint density at radius 2 is 1.59 bits per heavy atom. The molecule has 0 atom stereocenters. The summed E-state index contributed by atoms with van der Waals surface area (Å²) in [6, 6.07) is 24.6. The number of likely N-dealkylation sites (tertiary alicyclic amines) is 1. The average Bonchev–Trinajstić information content (AvgIpc) is 2.80. The minimum atomic E-state index is 0.0390. The maximum Gasteiger partial charge on any atom is 0.272 e. The van der Waals surface area contributed by atoms with Crippen LogP contribution in [0.25, 0.3) is 0 Å². The molecule has 0 saturated carbocycles. The maximum atomic E-state index is 12.9. The van der Waals surface area contributed by atoms with Gasteiger partial charge in [-0.15, -0.1) is 0 Å². The number of carbonyl (C=O) groups excluding carboxylic acids is 1. The number of carbonyl (C=O) groups is 1. The van der Waals surface area contributed by atoms with Crippen LogP contribution in [0.4, 0.5) is 11.4 Å². The Kier molecular flexibility index (Phi) is 5.89. The van der Waals surface area contributed by atoms with Gasteiger partial charge in [-0.1, -0.05) is 48.5 Å². The molecule has 0 radical (unpaired) electrons. The van der Waals surface area contributed by atoms with E-state index in [-0.39, 0.29) is 5.91 Å². The maximum absolute atomic E-state index is 12.9. The SMILES string of the molecule is CN(c1ccccc1)c1ccc(C(=O)N2CCC(Cc3ccccc3)CC2)nc1. The molecule has 1 amide bonds. The molecule has 148 valence electrons. The minimum Gasteiger partial charge on any atom is -0.343 e. The van der Waals surface area contributed by atoms with Crippen molar-refractivity contribution in [2.24, 2.45) is 5.92 Å². The van der Waals surface area contributed by atoms with Gasteiger partial charge in [0.05, 0.1) is 11.9 Å². The average molecular weight is 386 g/mol. The molecule has 0 aliphatic carbocycles. The predicted octanol–water partition coefficient (Wildman–Crippen LogP) is 4.94. The molecule has 4 heteroatoms. The fraction of sp³-hybridized carbons (Fsp3) is 0.280. The summed E-state index contributed by atoms with van der Waals surface area (Å²) < 4.78 is 0. The molecular weight excluding hydrogens is 358 g/mol. The summed E-state index contributed by atoms with van der Waals surface area (Å²) in [5.41, 5.74) is 3.97. The van der Waals surface area contributed by atoms with Gasteiger partial charge in [-0.3, -0.25) is 4.79 Å². The molecule has 4 rings (SSSR count). The van der Waals surface area contributed by atoms with Crippen LogP contribution < -0.4 is 4.90 Å². The molecular formula is C25H27N3O. The third-order valence-corrected chi connectivity index (χ3v) is 5.77. The van der Waals surface area contributed by atoms with Gasteiger partial charge in [-0.05, 0) is 55.0 Å². The zero-order chi connectivity index (χ0) is 20.1.